The van der Waals surface area contributed by atoms with E-state index in [1.54, 1.807) is 0 Å². The van der Waals surface area contributed by atoms with Gasteiger partial charge in [0.15, 0.2) is 0 Å². The molecule has 0 aromatic carbocycles. The molecule has 1 aliphatic rings. The smallest absolute Gasteiger partial charge is 0.317 e. The monoisotopic (exact) mass is 327 g/mol. The zero-order chi connectivity index (χ0) is 17.6. The summed E-state index contributed by atoms with van der Waals surface area (Å²) >= 11 is 0. The van der Waals surface area contributed by atoms with Crippen molar-refractivity contribution in [2.24, 2.45) is 0 Å². The maximum atomic E-state index is 12.6. The molecule has 0 aromatic rings. The minimum absolute atomic E-state index is 0.0814. The molecule has 0 bridgehead atoms. The van der Waals surface area contributed by atoms with Crippen molar-refractivity contribution in [2.75, 3.05) is 33.2 Å². The van der Waals surface area contributed by atoms with E-state index in [0.29, 0.717) is 6.54 Å². The van der Waals surface area contributed by atoms with Gasteiger partial charge in [0.05, 0.1) is 13.1 Å². The van der Waals surface area contributed by atoms with Crippen molar-refractivity contribution in [3.05, 3.63) is 0 Å². The number of likely N-dealkylation sites (N-methyl/N-ethyl adjacent to an activating group) is 1. The fourth-order valence-corrected chi connectivity index (χ4v) is 3.52. The Hall–Kier alpha value is -1.14. The Morgan fingerprint density at radius 1 is 1.13 bits per heavy atom. The molecule has 0 spiro atoms. The van der Waals surface area contributed by atoms with Gasteiger partial charge >= 0.3 is 5.97 Å². The molecule has 0 aliphatic carbocycles. The second kappa shape index (κ2) is 9.23. The van der Waals surface area contributed by atoms with Crippen molar-refractivity contribution < 1.29 is 14.7 Å². The number of hydrogen-bond acceptors (Lipinski definition) is 4. The molecule has 1 heterocycles. The highest BCUT2D eigenvalue weighted by Gasteiger charge is 2.25. The Kier molecular flexibility index (Phi) is 7.99. The van der Waals surface area contributed by atoms with E-state index in [4.69, 9.17) is 5.11 Å². The number of aliphatic carboxylic acids is 1. The lowest BCUT2D eigenvalue weighted by molar-refractivity contribution is -0.138. The molecular weight excluding hydrogens is 294 g/mol. The molecule has 23 heavy (non-hydrogen) atoms. The van der Waals surface area contributed by atoms with Gasteiger partial charge in [0.2, 0.25) is 5.91 Å². The van der Waals surface area contributed by atoms with Crippen LogP contribution in [0.4, 0.5) is 0 Å². The van der Waals surface area contributed by atoms with Crippen LogP contribution in [0.5, 0.6) is 0 Å². The normalized spacial score (nSPS) is 20.1. The third kappa shape index (κ3) is 6.47. The van der Waals surface area contributed by atoms with Crippen LogP contribution in [0.3, 0.4) is 0 Å². The lowest BCUT2D eigenvalue weighted by Gasteiger charge is -2.33. The molecule has 0 saturated carbocycles. The van der Waals surface area contributed by atoms with Crippen LogP contribution in [0.1, 0.15) is 47.0 Å². The minimum Gasteiger partial charge on any atom is -0.480 e. The number of amides is 1. The number of carbonyl (C=O) groups is 2. The van der Waals surface area contributed by atoms with Crippen LogP contribution in [-0.2, 0) is 9.59 Å². The number of hydrogen-bond donors (Lipinski definition) is 1. The van der Waals surface area contributed by atoms with Gasteiger partial charge in [-0.2, -0.15) is 0 Å². The molecule has 1 N–H and O–H groups in total. The Morgan fingerprint density at radius 3 is 2.26 bits per heavy atom. The molecule has 1 rings (SSSR count). The Labute approximate surface area is 140 Å². The summed E-state index contributed by atoms with van der Waals surface area (Å²) in [5.74, 6) is -0.597. The lowest BCUT2D eigenvalue weighted by Crippen LogP contribution is -2.47. The standard InChI is InChI=1S/C17H33N3O3/c1-13(2)20(14(3)4)16(21)11-19-9-6-7-15(8-10-19)18(5)12-17(22)23/h13-15H,6-12H2,1-5H3,(H,22,23). The van der Waals surface area contributed by atoms with E-state index in [-0.39, 0.29) is 30.6 Å². The Bertz CT molecular complexity index is 391. The van der Waals surface area contributed by atoms with Crippen LogP contribution in [0, 0.1) is 0 Å². The van der Waals surface area contributed by atoms with E-state index in [1.165, 1.54) is 0 Å². The van der Waals surface area contributed by atoms with Gasteiger partial charge in [-0.1, -0.05) is 0 Å². The van der Waals surface area contributed by atoms with Crippen molar-refractivity contribution in [1.29, 1.82) is 0 Å². The number of rotatable bonds is 7. The SMILES string of the molecule is CC(C)N(C(=O)CN1CCCC(N(C)CC(=O)O)CC1)C(C)C. The number of carboxylic acids is 1. The second-order valence-electron chi connectivity index (χ2n) is 7.16. The van der Waals surface area contributed by atoms with E-state index in [0.717, 1.165) is 32.4 Å². The molecular formula is C17H33N3O3. The van der Waals surface area contributed by atoms with Crippen LogP contribution in [0.25, 0.3) is 0 Å². The summed E-state index contributed by atoms with van der Waals surface area (Å²) in [5.41, 5.74) is 0. The van der Waals surface area contributed by atoms with Crippen molar-refractivity contribution >= 4 is 11.9 Å². The molecule has 0 aromatic heterocycles. The molecule has 1 unspecified atom stereocenters. The highest BCUT2D eigenvalue weighted by Crippen LogP contribution is 2.16. The fourth-order valence-electron chi connectivity index (χ4n) is 3.52. The summed E-state index contributed by atoms with van der Waals surface area (Å²) in [6.07, 6.45) is 2.91. The van der Waals surface area contributed by atoms with Crippen LogP contribution in [0.2, 0.25) is 0 Å². The molecule has 1 fully saturated rings. The van der Waals surface area contributed by atoms with Crippen LogP contribution < -0.4 is 0 Å². The van der Waals surface area contributed by atoms with Crippen LogP contribution in [-0.4, -0.2) is 83.0 Å². The van der Waals surface area contributed by atoms with Crippen molar-refractivity contribution in [2.45, 2.75) is 65.1 Å². The van der Waals surface area contributed by atoms with Gasteiger partial charge in [0.1, 0.15) is 0 Å². The van der Waals surface area contributed by atoms with E-state index in [2.05, 4.69) is 32.6 Å². The highest BCUT2D eigenvalue weighted by molar-refractivity contribution is 5.78. The zero-order valence-electron chi connectivity index (χ0n) is 15.3. The van der Waals surface area contributed by atoms with Gasteiger partial charge in [-0.05, 0) is 60.5 Å². The Balaban J connectivity index is 2.54. The third-order valence-corrected chi connectivity index (χ3v) is 4.56. The quantitative estimate of drug-likeness (QED) is 0.768. The van der Waals surface area contributed by atoms with Gasteiger partial charge in [-0.25, -0.2) is 0 Å². The van der Waals surface area contributed by atoms with Crippen LogP contribution >= 0.6 is 0 Å². The first-order chi connectivity index (χ1) is 10.7. The first-order valence-electron chi connectivity index (χ1n) is 8.68. The van der Waals surface area contributed by atoms with E-state index >= 15 is 0 Å². The number of nitrogens with zero attached hydrogens (tertiary/aromatic N) is 3. The second-order valence-corrected chi connectivity index (χ2v) is 7.16. The molecule has 0 radical (unpaired) electrons. The molecule has 134 valence electrons. The maximum absolute atomic E-state index is 12.6. The summed E-state index contributed by atoms with van der Waals surface area (Å²) < 4.78 is 0. The summed E-state index contributed by atoms with van der Waals surface area (Å²) in [6, 6.07) is 0.713. The average Bonchev–Trinajstić information content (AvgIpc) is 2.62. The maximum Gasteiger partial charge on any atom is 0.317 e. The number of carbonyl (C=O) groups excluding carboxylic acids is 1. The predicted octanol–water partition coefficient (Wildman–Crippen LogP) is 1.50. The first-order valence-corrected chi connectivity index (χ1v) is 8.68. The van der Waals surface area contributed by atoms with E-state index < -0.39 is 5.97 Å². The number of likely N-dealkylation sites (tertiary alicyclic amines) is 1. The molecule has 1 aliphatic heterocycles. The van der Waals surface area contributed by atoms with Gasteiger partial charge in [-0.15, -0.1) is 0 Å². The van der Waals surface area contributed by atoms with Gasteiger partial charge in [-0.3, -0.25) is 19.4 Å². The topological polar surface area (TPSA) is 64.1 Å². The number of carboxylic acid groups (broad SMARTS) is 1. The van der Waals surface area contributed by atoms with E-state index in [1.807, 2.05) is 16.8 Å². The van der Waals surface area contributed by atoms with Gasteiger partial charge < -0.3 is 10.0 Å². The fraction of sp³-hybridized carbons (Fsp3) is 0.882. The average molecular weight is 327 g/mol. The van der Waals surface area contributed by atoms with Crippen LogP contribution in [0.15, 0.2) is 0 Å². The van der Waals surface area contributed by atoms with Crippen molar-refractivity contribution in [3.63, 3.8) is 0 Å². The lowest BCUT2D eigenvalue weighted by atomic mass is 10.1. The molecule has 1 atom stereocenters. The molecule has 6 heteroatoms. The van der Waals surface area contributed by atoms with Gasteiger partial charge in [0, 0.05) is 24.7 Å². The van der Waals surface area contributed by atoms with Crippen molar-refractivity contribution in [1.82, 2.24) is 14.7 Å². The van der Waals surface area contributed by atoms with Crippen molar-refractivity contribution in [3.8, 4) is 0 Å². The summed E-state index contributed by atoms with van der Waals surface area (Å²) in [5, 5.41) is 8.92. The minimum atomic E-state index is -0.784. The third-order valence-electron chi connectivity index (χ3n) is 4.56. The zero-order valence-corrected chi connectivity index (χ0v) is 15.3. The van der Waals surface area contributed by atoms with Gasteiger partial charge in [0.25, 0.3) is 0 Å². The van der Waals surface area contributed by atoms with E-state index in [9.17, 15) is 9.59 Å². The largest absolute Gasteiger partial charge is 0.480 e. The summed E-state index contributed by atoms with van der Waals surface area (Å²) in [6.45, 7) is 10.5. The molecule has 1 saturated heterocycles. The Morgan fingerprint density at radius 2 is 1.74 bits per heavy atom. The highest BCUT2D eigenvalue weighted by atomic mass is 16.4. The summed E-state index contributed by atoms with van der Waals surface area (Å²) in [7, 11) is 1.87. The molecule has 6 nitrogen and oxygen atoms in total. The first kappa shape index (κ1) is 19.9. The predicted molar refractivity (Wildman–Crippen MR) is 91.5 cm³/mol. The molecule has 1 amide bonds. The summed E-state index contributed by atoms with van der Waals surface area (Å²) in [4.78, 5) is 29.5.